The number of amides is 1. The quantitative estimate of drug-likeness (QED) is 0.569. The van der Waals surface area contributed by atoms with Crippen molar-refractivity contribution in [3.8, 4) is 0 Å². The highest BCUT2D eigenvalue weighted by Crippen LogP contribution is 2.12. The Bertz CT molecular complexity index is 373. The number of unbranched alkanes of at least 4 members (excludes halogenated alkanes) is 1. The third-order valence-electron chi connectivity index (χ3n) is 2.53. The second-order valence-corrected chi connectivity index (χ2v) is 5.18. The highest BCUT2D eigenvalue weighted by Gasteiger charge is 2.01. The Morgan fingerprint density at radius 2 is 2.11 bits per heavy atom. The van der Waals surface area contributed by atoms with E-state index in [2.05, 4.69) is 31.0 Å². The minimum absolute atomic E-state index is 0.0446. The first kappa shape index (κ1) is 14.8. The van der Waals surface area contributed by atoms with Crippen LogP contribution in [0.15, 0.2) is 36.9 Å². The molecule has 0 saturated heterocycles. The van der Waals surface area contributed by atoms with Gasteiger partial charge in [0, 0.05) is 11.4 Å². The topological polar surface area (TPSA) is 29.1 Å². The molecule has 0 radical (unpaired) electrons. The maximum atomic E-state index is 11.6. The van der Waals surface area contributed by atoms with Crippen LogP contribution in [0.4, 0.5) is 5.69 Å². The molecule has 98 valence electrons. The van der Waals surface area contributed by atoms with Gasteiger partial charge in [0.1, 0.15) is 0 Å². The van der Waals surface area contributed by atoms with Gasteiger partial charge < -0.3 is 5.32 Å². The number of carbonyl (C=O) groups is 1. The summed E-state index contributed by atoms with van der Waals surface area (Å²) in [6.45, 7) is 5.81. The zero-order valence-electron chi connectivity index (χ0n) is 10.9. The molecule has 1 aromatic rings. The minimum Gasteiger partial charge on any atom is -0.325 e. The smallest absolute Gasteiger partial charge is 0.234 e. The van der Waals surface area contributed by atoms with Gasteiger partial charge in [0.05, 0.1) is 5.75 Å². The molecule has 0 atom stereocenters. The second-order valence-electron chi connectivity index (χ2n) is 4.15. The van der Waals surface area contributed by atoms with Crippen LogP contribution >= 0.6 is 11.8 Å². The SMILES string of the molecule is C=CCSCC(=O)Nc1ccc(CCCC)cc1. The largest absolute Gasteiger partial charge is 0.325 e. The van der Waals surface area contributed by atoms with Gasteiger partial charge in [-0.15, -0.1) is 18.3 Å². The van der Waals surface area contributed by atoms with E-state index in [4.69, 9.17) is 0 Å². The summed E-state index contributed by atoms with van der Waals surface area (Å²) < 4.78 is 0. The van der Waals surface area contributed by atoms with Crippen molar-refractivity contribution in [3.63, 3.8) is 0 Å². The Morgan fingerprint density at radius 1 is 1.39 bits per heavy atom. The Kier molecular flexibility index (Phi) is 7.26. The summed E-state index contributed by atoms with van der Waals surface area (Å²) in [6.07, 6.45) is 5.34. The third-order valence-corrected chi connectivity index (χ3v) is 3.46. The number of hydrogen-bond donors (Lipinski definition) is 1. The van der Waals surface area contributed by atoms with E-state index in [-0.39, 0.29) is 5.91 Å². The van der Waals surface area contributed by atoms with Crippen LogP contribution in [0.2, 0.25) is 0 Å². The average Bonchev–Trinajstić information content (AvgIpc) is 2.38. The third kappa shape index (κ3) is 5.92. The van der Waals surface area contributed by atoms with E-state index in [0.717, 1.165) is 17.9 Å². The van der Waals surface area contributed by atoms with Crippen LogP contribution in [0.3, 0.4) is 0 Å². The number of thioether (sulfide) groups is 1. The summed E-state index contributed by atoms with van der Waals surface area (Å²) in [6, 6.07) is 8.12. The van der Waals surface area contributed by atoms with E-state index in [1.165, 1.54) is 18.4 Å². The Labute approximate surface area is 114 Å². The van der Waals surface area contributed by atoms with Gasteiger partial charge in [0.25, 0.3) is 0 Å². The molecule has 0 aliphatic carbocycles. The van der Waals surface area contributed by atoms with E-state index in [9.17, 15) is 4.79 Å². The number of anilines is 1. The van der Waals surface area contributed by atoms with Gasteiger partial charge in [-0.3, -0.25) is 4.79 Å². The van der Waals surface area contributed by atoms with Crippen molar-refractivity contribution < 1.29 is 4.79 Å². The summed E-state index contributed by atoms with van der Waals surface area (Å²) in [4.78, 5) is 11.6. The Morgan fingerprint density at radius 3 is 2.72 bits per heavy atom. The number of benzene rings is 1. The first-order chi connectivity index (χ1) is 8.76. The van der Waals surface area contributed by atoms with Crippen molar-refractivity contribution in [1.82, 2.24) is 0 Å². The fourth-order valence-corrected chi connectivity index (χ4v) is 2.11. The molecule has 1 N–H and O–H groups in total. The van der Waals surface area contributed by atoms with Crippen LogP contribution in [-0.2, 0) is 11.2 Å². The number of aryl methyl sites for hydroxylation is 1. The van der Waals surface area contributed by atoms with Gasteiger partial charge in [0.15, 0.2) is 0 Å². The summed E-state index contributed by atoms with van der Waals surface area (Å²) in [7, 11) is 0. The maximum Gasteiger partial charge on any atom is 0.234 e. The molecule has 0 aromatic heterocycles. The number of hydrogen-bond acceptors (Lipinski definition) is 2. The molecule has 0 spiro atoms. The lowest BCUT2D eigenvalue weighted by molar-refractivity contribution is -0.113. The standard InChI is InChI=1S/C15H21NOS/c1-3-5-6-13-7-9-14(10-8-13)16-15(17)12-18-11-4-2/h4,7-10H,2-3,5-6,11-12H2,1H3,(H,16,17). The highest BCUT2D eigenvalue weighted by atomic mass is 32.2. The van der Waals surface area contributed by atoms with Gasteiger partial charge in [0.2, 0.25) is 5.91 Å². The summed E-state index contributed by atoms with van der Waals surface area (Å²) in [5.74, 6) is 1.33. The van der Waals surface area contributed by atoms with Gasteiger partial charge >= 0.3 is 0 Å². The minimum atomic E-state index is 0.0446. The summed E-state index contributed by atoms with van der Waals surface area (Å²) >= 11 is 1.56. The fourth-order valence-electron chi connectivity index (χ4n) is 1.57. The van der Waals surface area contributed by atoms with Crippen molar-refractivity contribution in [2.45, 2.75) is 26.2 Å². The first-order valence-corrected chi connectivity index (χ1v) is 7.49. The number of nitrogens with one attached hydrogen (secondary N) is 1. The van der Waals surface area contributed by atoms with Gasteiger partial charge in [-0.1, -0.05) is 31.6 Å². The molecule has 0 heterocycles. The molecule has 1 aromatic carbocycles. The van der Waals surface area contributed by atoms with E-state index in [1.807, 2.05) is 12.1 Å². The highest BCUT2D eigenvalue weighted by molar-refractivity contribution is 8.00. The molecule has 0 bridgehead atoms. The number of carbonyl (C=O) groups excluding carboxylic acids is 1. The van der Waals surface area contributed by atoms with E-state index >= 15 is 0 Å². The van der Waals surface area contributed by atoms with Crippen molar-refractivity contribution >= 4 is 23.4 Å². The van der Waals surface area contributed by atoms with Crippen molar-refractivity contribution in [2.24, 2.45) is 0 Å². The molecule has 0 aliphatic heterocycles. The zero-order valence-corrected chi connectivity index (χ0v) is 11.8. The molecule has 18 heavy (non-hydrogen) atoms. The van der Waals surface area contributed by atoms with Crippen molar-refractivity contribution in [1.29, 1.82) is 0 Å². The van der Waals surface area contributed by atoms with Crippen LogP contribution in [0.5, 0.6) is 0 Å². The lowest BCUT2D eigenvalue weighted by atomic mass is 10.1. The molecular formula is C15H21NOS. The van der Waals surface area contributed by atoms with Crippen LogP contribution in [0.1, 0.15) is 25.3 Å². The van der Waals surface area contributed by atoms with Crippen molar-refractivity contribution in [3.05, 3.63) is 42.5 Å². The second kappa shape index (κ2) is 8.81. The van der Waals surface area contributed by atoms with Crippen LogP contribution in [0.25, 0.3) is 0 Å². The van der Waals surface area contributed by atoms with E-state index in [0.29, 0.717) is 5.75 Å². The van der Waals surface area contributed by atoms with Crippen LogP contribution in [0, 0.1) is 0 Å². The lowest BCUT2D eigenvalue weighted by Crippen LogP contribution is -2.14. The molecule has 0 saturated carbocycles. The average molecular weight is 263 g/mol. The van der Waals surface area contributed by atoms with Gasteiger partial charge in [-0.05, 0) is 30.5 Å². The molecule has 3 heteroatoms. The molecule has 1 rings (SSSR count). The van der Waals surface area contributed by atoms with Gasteiger partial charge in [-0.2, -0.15) is 0 Å². The normalized spacial score (nSPS) is 10.1. The van der Waals surface area contributed by atoms with E-state index in [1.54, 1.807) is 17.8 Å². The lowest BCUT2D eigenvalue weighted by Gasteiger charge is -2.06. The molecule has 0 fully saturated rings. The first-order valence-electron chi connectivity index (χ1n) is 6.33. The molecular weight excluding hydrogens is 242 g/mol. The molecule has 0 unspecified atom stereocenters. The maximum absolute atomic E-state index is 11.6. The predicted molar refractivity (Wildman–Crippen MR) is 81.2 cm³/mol. The van der Waals surface area contributed by atoms with E-state index < -0.39 is 0 Å². The number of rotatable bonds is 8. The van der Waals surface area contributed by atoms with Gasteiger partial charge in [-0.25, -0.2) is 0 Å². The fraction of sp³-hybridized carbons (Fsp3) is 0.400. The zero-order chi connectivity index (χ0) is 13.2. The Balaban J connectivity index is 2.38. The molecule has 2 nitrogen and oxygen atoms in total. The predicted octanol–water partition coefficient (Wildman–Crippen LogP) is 3.89. The van der Waals surface area contributed by atoms with Crippen molar-refractivity contribution in [2.75, 3.05) is 16.8 Å². The van der Waals surface area contributed by atoms with Crippen LogP contribution < -0.4 is 5.32 Å². The molecule has 0 aliphatic rings. The summed E-state index contributed by atoms with van der Waals surface area (Å²) in [5.41, 5.74) is 2.20. The monoisotopic (exact) mass is 263 g/mol. The van der Waals surface area contributed by atoms with Crippen LogP contribution in [-0.4, -0.2) is 17.4 Å². The Hall–Kier alpha value is -1.22. The summed E-state index contributed by atoms with van der Waals surface area (Å²) in [5, 5.41) is 2.89. The molecule has 1 amide bonds.